The maximum Gasteiger partial charge on any atom is 0.196 e. The van der Waals surface area contributed by atoms with Gasteiger partial charge in [-0.15, -0.1) is 0 Å². The van der Waals surface area contributed by atoms with E-state index in [1.54, 1.807) is 13.8 Å². The minimum atomic E-state index is -0.532. The van der Waals surface area contributed by atoms with Crippen molar-refractivity contribution in [2.75, 3.05) is 0 Å². The van der Waals surface area contributed by atoms with E-state index in [1.807, 2.05) is 0 Å². The number of allylic oxidation sites excluding steroid dienone is 2. The molecule has 4 N–H and O–H groups in total. The first-order valence-corrected chi connectivity index (χ1v) is 6.31. The Kier molecular flexibility index (Phi) is 3.90. The van der Waals surface area contributed by atoms with E-state index in [4.69, 9.17) is 9.52 Å². The summed E-state index contributed by atoms with van der Waals surface area (Å²) < 4.78 is 5.22. The molecule has 0 aliphatic carbocycles. The highest BCUT2D eigenvalue weighted by Gasteiger charge is 2.18. The van der Waals surface area contributed by atoms with Gasteiger partial charge >= 0.3 is 0 Å². The largest absolute Gasteiger partial charge is 0.512 e. The third kappa shape index (κ3) is 2.71. The van der Waals surface area contributed by atoms with Crippen LogP contribution >= 0.6 is 0 Å². The van der Waals surface area contributed by atoms with E-state index in [1.165, 1.54) is 6.07 Å². The molecule has 0 fully saturated rings. The highest BCUT2D eigenvalue weighted by atomic mass is 16.4. The Balaban J connectivity index is 2.73. The van der Waals surface area contributed by atoms with Crippen LogP contribution in [0.5, 0.6) is 11.5 Å². The van der Waals surface area contributed by atoms with Gasteiger partial charge in [0.15, 0.2) is 5.43 Å². The molecule has 0 bridgehead atoms. The third-order valence-electron chi connectivity index (χ3n) is 3.20. The summed E-state index contributed by atoms with van der Waals surface area (Å²) >= 11 is 0. The summed E-state index contributed by atoms with van der Waals surface area (Å²) in [4.78, 5) is 12.0. The number of phenols is 2. The van der Waals surface area contributed by atoms with Gasteiger partial charge in [-0.2, -0.15) is 0 Å². The van der Waals surface area contributed by atoms with E-state index in [-0.39, 0.29) is 40.2 Å². The standard InChI is InChI=1S/C15H16O6/c1-7(2)10(17)4-9-11(18)5-13-14(15(9)20)12(19)3-8(6-16)21-13/h3,5,16-18,20H,4,6H2,1-2H3. The van der Waals surface area contributed by atoms with Crippen LogP contribution in [-0.2, 0) is 13.0 Å². The fourth-order valence-corrected chi connectivity index (χ4v) is 1.98. The molecule has 0 spiro atoms. The van der Waals surface area contributed by atoms with Crippen molar-refractivity contribution in [2.24, 2.45) is 0 Å². The molecule has 2 aromatic rings. The van der Waals surface area contributed by atoms with Crippen molar-refractivity contribution in [3.05, 3.63) is 45.0 Å². The maximum atomic E-state index is 12.0. The second-order valence-electron chi connectivity index (χ2n) is 4.95. The zero-order valence-electron chi connectivity index (χ0n) is 11.7. The monoisotopic (exact) mass is 292 g/mol. The molecular formula is C15H16O6. The van der Waals surface area contributed by atoms with Crippen LogP contribution in [0.3, 0.4) is 0 Å². The molecule has 0 radical (unpaired) electrons. The van der Waals surface area contributed by atoms with E-state index >= 15 is 0 Å². The average Bonchev–Trinajstić information content (AvgIpc) is 2.41. The zero-order chi connectivity index (χ0) is 15.7. The molecule has 0 saturated heterocycles. The number of aromatic hydroxyl groups is 2. The van der Waals surface area contributed by atoms with Crippen LogP contribution in [0.1, 0.15) is 25.2 Å². The van der Waals surface area contributed by atoms with Crippen LogP contribution in [0.15, 0.2) is 32.7 Å². The first-order valence-electron chi connectivity index (χ1n) is 6.31. The third-order valence-corrected chi connectivity index (χ3v) is 3.20. The van der Waals surface area contributed by atoms with Crippen molar-refractivity contribution in [1.29, 1.82) is 0 Å². The van der Waals surface area contributed by atoms with Gasteiger partial charge in [0.2, 0.25) is 0 Å². The molecule has 0 amide bonds. The van der Waals surface area contributed by atoms with E-state index in [9.17, 15) is 20.1 Å². The van der Waals surface area contributed by atoms with Crippen LogP contribution in [0, 0.1) is 0 Å². The molecule has 0 aliphatic rings. The van der Waals surface area contributed by atoms with E-state index in [0.717, 1.165) is 6.07 Å². The normalized spacial score (nSPS) is 10.8. The Morgan fingerprint density at radius 1 is 1.24 bits per heavy atom. The summed E-state index contributed by atoms with van der Waals surface area (Å²) in [7, 11) is 0. The second kappa shape index (κ2) is 5.49. The van der Waals surface area contributed by atoms with Crippen molar-refractivity contribution in [3.63, 3.8) is 0 Å². The maximum absolute atomic E-state index is 12.0. The molecule has 0 unspecified atom stereocenters. The lowest BCUT2D eigenvalue weighted by atomic mass is 10.0. The van der Waals surface area contributed by atoms with E-state index < -0.39 is 17.8 Å². The van der Waals surface area contributed by atoms with Crippen LogP contribution in [0.4, 0.5) is 0 Å². The SMILES string of the molecule is CC(C)=C(O)Cc1c(O)cc2oc(CO)cc(=O)c2c1O. The van der Waals surface area contributed by atoms with Gasteiger partial charge in [-0.1, -0.05) is 0 Å². The molecule has 6 nitrogen and oxygen atoms in total. The number of phenolic OH excluding ortho intramolecular Hbond substituents is 2. The summed E-state index contributed by atoms with van der Waals surface area (Å²) in [6.07, 6.45) is -0.100. The number of hydrogen-bond acceptors (Lipinski definition) is 6. The van der Waals surface area contributed by atoms with Gasteiger partial charge in [-0.05, 0) is 19.4 Å². The number of aliphatic hydroxyl groups is 2. The molecular weight excluding hydrogens is 276 g/mol. The molecule has 21 heavy (non-hydrogen) atoms. The van der Waals surface area contributed by atoms with Crippen molar-refractivity contribution < 1.29 is 24.8 Å². The summed E-state index contributed by atoms with van der Waals surface area (Å²) in [5.41, 5.74) is 0.125. The van der Waals surface area contributed by atoms with Crippen molar-refractivity contribution >= 4 is 11.0 Å². The van der Waals surface area contributed by atoms with Crippen LogP contribution in [0.2, 0.25) is 0 Å². The molecule has 0 aliphatic heterocycles. The van der Waals surface area contributed by atoms with E-state index in [0.29, 0.717) is 5.57 Å². The number of fused-ring (bicyclic) bond motifs is 1. The molecule has 6 heteroatoms. The lowest BCUT2D eigenvalue weighted by molar-refractivity contribution is 0.248. The average molecular weight is 292 g/mol. The van der Waals surface area contributed by atoms with Gasteiger partial charge in [-0.25, -0.2) is 0 Å². The van der Waals surface area contributed by atoms with Crippen molar-refractivity contribution in [3.8, 4) is 11.5 Å². The van der Waals surface area contributed by atoms with Gasteiger partial charge < -0.3 is 24.8 Å². The number of hydrogen-bond donors (Lipinski definition) is 4. The predicted molar refractivity (Wildman–Crippen MR) is 76.4 cm³/mol. The Hall–Kier alpha value is -2.47. The highest BCUT2D eigenvalue weighted by molar-refractivity contribution is 5.86. The Morgan fingerprint density at radius 2 is 1.90 bits per heavy atom. The number of benzene rings is 1. The lowest BCUT2D eigenvalue weighted by Gasteiger charge is -2.11. The Bertz CT molecular complexity index is 781. The van der Waals surface area contributed by atoms with Gasteiger partial charge in [-0.3, -0.25) is 4.79 Å². The Labute approximate surface area is 120 Å². The van der Waals surface area contributed by atoms with Gasteiger partial charge in [0.05, 0.1) is 5.76 Å². The predicted octanol–water partition coefficient (Wildman–Crippen LogP) is 2.09. The lowest BCUT2D eigenvalue weighted by Crippen LogP contribution is -2.04. The van der Waals surface area contributed by atoms with Gasteiger partial charge in [0.1, 0.15) is 34.8 Å². The quantitative estimate of drug-likeness (QED) is 0.645. The van der Waals surface area contributed by atoms with E-state index in [2.05, 4.69) is 0 Å². The smallest absolute Gasteiger partial charge is 0.196 e. The van der Waals surface area contributed by atoms with Gasteiger partial charge in [0, 0.05) is 24.1 Å². The zero-order valence-corrected chi connectivity index (χ0v) is 11.7. The summed E-state index contributed by atoms with van der Waals surface area (Å²) in [6, 6.07) is 2.26. The first-order chi connectivity index (χ1) is 9.85. The van der Waals surface area contributed by atoms with Crippen molar-refractivity contribution in [1.82, 2.24) is 0 Å². The van der Waals surface area contributed by atoms with Crippen LogP contribution < -0.4 is 5.43 Å². The number of rotatable bonds is 3. The highest BCUT2D eigenvalue weighted by Crippen LogP contribution is 2.35. The van der Waals surface area contributed by atoms with Crippen molar-refractivity contribution in [2.45, 2.75) is 26.9 Å². The molecule has 1 aromatic carbocycles. The number of aliphatic hydroxyl groups excluding tert-OH is 2. The van der Waals surface area contributed by atoms with Crippen LogP contribution in [-0.4, -0.2) is 20.4 Å². The van der Waals surface area contributed by atoms with Gasteiger partial charge in [0.25, 0.3) is 0 Å². The Morgan fingerprint density at radius 3 is 2.48 bits per heavy atom. The summed E-state index contributed by atoms with van der Waals surface area (Å²) in [6.45, 7) is 2.91. The molecule has 0 atom stereocenters. The molecule has 2 rings (SSSR count). The van der Waals surface area contributed by atoms with Crippen LogP contribution in [0.25, 0.3) is 11.0 Å². The fourth-order valence-electron chi connectivity index (χ4n) is 1.98. The molecule has 1 heterocycles. The topological polar surface area (TPSA) is 111 Å². The minimum Gasteiger partial charge on any atom is -0.512 e. The molecule has 112 valence electrons. The first kappa shape index (κ1) is 14.9. The molecule has 1 aromatic heterocycles. The summed E-state index contributed by atoms with van der Waals surface area (Å²) in [5, 5.41) is 38.8. The second-order valence-corrected chi connectivity index (χ2v) is 4.95. The fraction of sp³-hybridized carbons (Fsp3) is 0.267. The minimum absolute atomic E-state index is 0.00341. The molecule has 0 saturated carbocycles. The summed E-state index contributed by atoms with van der Waals surface area (Å²) in [5.74, 6) is -0.704.